The summed E-state index contributed by atoms with van der Waals surface area (Å²) in [6.45, 7) is 8.30. The minimum Gasteiger partial charge on any atom is -0.483 e. The standard InChI is InChI=1S/C23H28N4O2/c1-16(2)20-7-6-17(3)22(12-20)29-13-23(28)26(5)18(4)19-8-10-21(11-9-19)27-15-24-14-25-27/h6-12,14-16,18H,13H2,1-5H3. The van der Waals surface area contributed by atoms with Crippen LogP contribution in [0.25, 0.3) is 5.69 Å². The number of amides is 1. The monoisotopic (exact) mass is 392 g/mol. The summed E-state index contributed by atoms with van der Waals surface area (Å²) < 4.78 is 7.55. The molecule has 0 aliphatic heterocycles. The van der Waals surface area contributed by atoms with E-state index in [4.69, 9.17) is 4.74 Å². The van der Waals surface area contributed by atoms with E-state index in [1.165, 1.54) is 11.9 Å². The first kappa shape index (κ1) is 20.6. The lowest BCUT2D eigenvalue weighted by Gasteiger charge is -2.26. The molecule has 152 valence electrons. The third-order valence-electron chi connectivity index (χ3n) is 5.26. The van der Waals surface area contributed by atoms with Gasteiger partial charge in [0.15, 0.2) is 6.61 Å². The molecule has 6 nitrogen and oxygen atoms in total. The summed E-state index contributed by atoms with van der Waals surface area (Å²) in [6.07, 6.45) is 3.16. The van der Waals surface area contributed by atoms with Gasteiger partial charge in [-0.15, -0.1) is 0 Å². The Labute approximate surface area is 172 Å². The predicted octanol–water partition coefficient (Wildman–Crippen LogP) is 4.30. The van der Waals surface area contributed by atoms with E-state index in [9.17, 15) is 4.79 Å². The fourth-order valence-corrected chi connectivity index (χ4v) is 3.06. The first-order chi connectivity index (χ1) is 13.9. The Bertz CT molecular complexity index is 950. The zero-order valence-electron chi connectivity index (χ0n) is 17.7. The quantitative estimate of drug-likeness (QED) is 0.602. The van der Waals surface area contributed by atoms with Gasteiger partial charge in [0.1, 0.15) is 18.4 Å². The van der Waals surface area contributed by atoms with Crippen LogP contribution < -0.4 is 4.74 Å². The zero-order chi connectivity index (χ0) is 21.0. The second-order valence-electron chi connectivity index (χ2n) is 7.58. The number of benzene rings is 2. The van der Waals surface area contributed by atoms with Crippen LogP contribution in [0.1, 0.15) is 49.4 Å². The highest BCUT2D eigenvalue weighted by Crippen LogP contribution is 2.25. The second kappa shape index (κ2) is 8.90. The number of aryl methyl sites for hydroxylation is 1. The molecule has 0 bridgehead atoms. The normalized spacial score (nSPS) is 12.1. The van der Waals surface area contributed by atoms with E-state index >= 15 is 0 Å². The highest BCUT2D eigenvalue weighted by molar-refractivity contribution is 5.78. The average Bonchev–Trinajstić information content (AvgIpc) is 3.26. The summed E-state index contributed by atoms with van der Waals surface area (Å²) in [6, 6.07) is 14.0. The number of hydrogen-bond donors (Lipinski definition) is 0. The van der Waals surface area contributed by atoms with Gasteiger partial charge in [0, 0.05) is 7.05 Å². The fraction of sp³-hybridized carbons (Fsp3) is 0.348. The molecule has 0 saturated heterocycles. The Hall–Kier alpha value is -3.15. The molecule has 1 unspecified atom stereocenters. The maximum Gasteiger partial charge on any atom is 0.260 e. The lowest BCUT2D eigenvalue weighted by Crippen LogP contribution is -2.33. The van der Waals surface area contributed by atoms with Crippen LogP contribution in [0.2, 0.25) is 0 Å². The Balaban J connectivity index is 1.63. The van der Waals surface area contributed by atoms with Crippen molar-refractivity contribution in [2.24, 2.45) is 0 Å². The van der Waals surface area contributed by atoms with Crippen molar-refractivity contribution in [3.63, 3.8) is 0 Å². The van der Waals surface area contributed by atoms with E-state index in [-0.39, 0.29) is 18.6 Å². The smallest absolute Gasteiger partial charge is 0.260 e. The summed E-state index contributed by atoms with van der Waals surface area (Å²) >= 11 is 0. The van der Waals surface area contributed by atoms with Crippen LogP contribution in [0.15, 0.2) is 55.1 Å². The van der Waals surface area contributed by atoms with Crippen molar-refractivity contribution in [1.29, 1.82) is 0 Å². The molecular weight excluding hydrogens is 364 g/mol. The summed E-state index contributed by atoms with van der Waals surface area (Å²) in [7, 11) is 1.80. The zero-order valence-corrected chi connectivity index (χ0v) is 17.7. The van der Waals surface area contributed by atoms with Gasteiger partial charge in [-0.25, -0.2) is 9.67 Å². The number of likely N-dealkylation sites (N-methyl/N-ethyl adjacent to an activating group) is 1. The second-order valence-corrected chi connectivity index (χ2v) is 7.58. The van der Waals surface area contributed by atoms with E-state index in [1.807, 2.05) is 50.2 Å². The van der Waals surface area contributed by atoms with Crippen molar-refractivity contribution in [2.45, 2.75) is 39.7 Å². The van der Waals surface area contributed by atoms with E-state index in [1.54, 1.807) is 23.0 Å². The molecule has 1 aromatic heterocycles. The molecule has 0 N–H and O–H groups in total. The highest BCUT2D eigenvalue weighted by Gasteiger charge is 2.18. The van der Waals surface area contributed by atoms with Crippen LogP contribution in [0, 0.1) is 6.92 Å². The van der Waals surface area contributed by atoms with E-state index < -0.39 is 0 Å². The molecule has 6 heteroatoms. The van der Waals surface area contributed by atoms with Crippen molar-refractivity contribution < 1.29 is 9.53 Å². The minimum atomic E-state index is -0.0704. The first-order valence-corrected chi connectivity index (χ1v) is 9.80. The van der Waals surface area contributed by atoms with E-state index in [0.717, 1.165) is 22.6 Å². The van der Waals surface area contributed by atoms with Crippen LogP contribution >= 0.6 is 0 Å². The topological polar surface area (TPSA) is 60.2 Å². The maximum atomic E-state index is 12.7. The van der Waals surface area contributed by atoms with Gasteiger partial charge in [0.05, 0.1) is 11.7 Å². The van der Waals surface area contributed by atoms with Crippen molar-refractivity contribution >= 4 is 5.91 Å². The molecule has 0 saturated carbocycles. The van der Waals surface area contributed by atoms with Gasteiger partial charge in [-0.2, -0.15) is 5.10 Å². The number of carbonyl (C=O) groups excluding carboxylic acids is 1. The molecule has 3 rings (SSSR count). The highest BCUT2D eigenvalue weighted by atomic mass is 16.5. The van der Waals surface area contributed by atoms with Gasteiger partial charge in [0.2, 0.25) is 0 Å². The Morgan fingerprint density at radius 3 is 2.41 bits per heavy atom. The van der Waals surface area contributed by atoms with Crippen molar-refractivity contribution in [1.82, 2.24) is 19.7 Å². The van der Waals surface area contributed by atoms with Crippen LogP contribution in [0.4, 0.5) is 0 Å². The van der Waals surface area contributed by atoms with Crippen LogP contribution in [-0.4, -0.2) is 39.2 Å². The largest absolute Gasteiger partial charge is 0.483 e. The minimum absolute atomic E-state index is 0.0142. The summed E-state index contributed by atoms with van der Waals surface area (Å²) in [5, 5.41) is 4.13. The average molecular weight is 393 g/mol. The lowest BCUT2D eigenvalue weighted by molar-refractivity contribution is -0.134. The van der Waals surface area contributed by atoms with Crippen molar-refractivity contribution in [2.75, 3.05) is 13.7 Å². The maximum absolute atomic E-state index is 12.7. The third-order valence-corrected chi connectivity index (χ3v) is 5.26. The molecule has 29 heavy (non-hydrogen) atoms. The van der Waals surface area contributed by atoms with Gasteiger partial charge in [-0.1, -0.05) is 38.1 Å². The molecule has 0 aliphatic rings. The molecule has 0 radical (unpaired) electrons. The number of nitrogens with zero attached hydrogens (tertiary/aromatic N) is 4. The molecule has 0 aliphatic carbocycles. The SMILES string of the molecule is Cc1ccc(C(C)C)cc1OCC(=O)N(C)C(C)c1ccc(-n2cncn2)cc1. The first-order valence-electron chi connectivity index (χ1n) is 9.80. The fourth-order valence-electron chi connectivity index (χ4n) is 3.06. The molecule has 3 aromatic rings. The Morgan fingerprint density at radius 1 is 1.10 bits per heavy atom. The number of rotatable bonds is 7. The van der Waals surface area contributed by atoms with E-state index in [0.29, 0.717) is 5.92 Å². The van der Waals surface area contributed by atoms with Crippen LogP contribution in [0.5, 0.6) is 5.75 Å². The Kier molecular flexibility index (Phi) is 6.32. The van der Waals surface area contributed by atoms with Crippen LogP contribution in [-0.2, 0) is 4.79 Å². The van der Waals surface area contributed by atoms with Gasteiger partial charge < -0.3 is 9.64 Å². The summed E-state index contributed by atoms with van der Waals surface area (Å²) in [5.74, 6) is 1.12. The van der Waals surface area contributed by atoms with Crippen molar-refractivity contribution in [3.8, 4) is 11.4 Å². The molecule has 2 aromatic carbocycles. The summed E-state index contributed by atoms with van der Waals surface area (Å²) in [5.41, 5.74) is 4.20. The van der Waals surface area contributed by atoms with Gasteiger partial charge >= 0.3 is 0 Å². The summed E-state index contributed by atoms with van der Waals surface area (Å²) in [4.78, 5) is 18.4. The number of carbonyl (C=O) groups is 1. The van der Waals surface area contributed by atoms with Gasteiger partial charge in [-0.3, -0.25) is 4.79 Å². The molecule has 1 atom stereocenters. The predicted molar refractivity (Wildman–Crippen MR) is 113 cm³/mol. The molecule has 0 spiro atoms. The lowest BCUT2D eigenvalue weighted by atomic mass is 10.0. The van der Waals surface area contributed by atoms with Crippen LogP contribution in [0.3, 0.4) is 0 Å². The number of aromatic nitrogens is 3. The molecule has 1 amide bonds. The van der Waals surface area contributed by atoms with Crippen molar-refractivity contribution in [3.05, 3.63) is 71.8 Å². The van der Waals surface area contributed by atoms with Gasteiger partial charge in [-0.05, 0) is 54.7 Å². The number of hydrogen-bond acceptors (Lipinski definition) is 4. The van der Waals surface area contributed by atoms with Gasteiger partial charge in [0.25, 0.3) is 5.91 Å². The van der Waals surface area contributed by atoms with E-state index in [2.05, 4.69) is 30.0 Å². The molecule has 1 heterocycles. The Morgan fingerprint density at radius 2 is 1.79 bits per heavy atom. The number of ether oxygens (including phenoxy) is 1. The molecular formula is C23H28N4O2. The molecule has 0 fully saturated rings. The third kappa shape index (κ3) is 4.83.